The smallest absolute Gasteiger partial charge is 0.319 e. The molecule has 6 nitrogen and oxygen atoms in total. The van der Waals surface area contributed by atoms with Gasteiger partial charge >= 0.3 is 6.01 Å². The van der Waals surface area contributed by atoms with Crippen LogP contribution in [0.1, 0.15) is 25.7 Å². The van der Waals surface area contributed by atoms with Crippen LogP contribution in [0.15, 0.2) is 12.3 Å². The molecule has 7 heteroatoms. The highest BCUT2D eigenvalue weighted by molar-refractivity contribution is 9.09. The quantitative estimate of drug-likeness (QED) is 0.728. The van der Waals surface area contributed by atoms with Crippen molar-refractivity contribution in [3.8, 4) is 11.9 Å². The summed E-state index contributed by atoms with van der Waals surface area (Å²) in [6.45, 7) is 1.49. The van der Waals surface area contributed by atoms with E-state index in [0.29, 0.717) is 18.3 Å². The van der Waals surface area contributed by atoms with Crippen molar-refractivity contribution in [1.82, 2.24) is 14.9 Å². The van der Waals surface area contributed by atoms with Gasteiger partial charge in [-0.1, -0.05) is 15.9 Å². The van der Waals surface area contributed by atoms with Crippen molar-refractivity contribution < 1.29 is 14.3 Å². The second-order valence-corrected chi connectivity index (χ2v) is 5.67. The molecular formula is C14H20BrN3O3. The van der Waals surface area contributed by atoms with Crippen LogP contribution in [0.25, 0.3) is 0 Å². The molecule has 2 heterocycles. The normalized spacial score (nSPS) is 15.8. The van der Waals surface area contributed by atoms with Crippen molar-refractivity contribution in [3.05, 3.63) is 12.3 Å². The van der Waals surface area contributed by atoms with Crippen LogP contribution in [0, 0.1) is 0 Å². The molecular weight excluding hydrogens is 338 g/mol. The molecule has 1 aromatic heterocycles. The van der Waals surface area contributed by atoms with Crippen molar-refractivity contribution in [2.45, 2.75) is 31.8 Å². The van der Waals surface area contributed by atoms with Gasteiger partial charge in [0.1, 0.15) is 6.10 Å². The second kappa shape index (κ2) is 8.17. The van der Waals surface area contributed by atoms with E-state index in [9.17, 15) is 4.79 Å². The molecule has 21 heavy (non-hydrogen) atoms. The van der Waals surface area contributed by atoms with Gasteiger partial charge in [0, 0.05) is 49.9 Å². The summed E-state index contributed by atoms with van der Waals surface area (Å²) < 4.78 is 10.8. The van der Waals surface area contributed by atoms with Crippen molar-refractivity contribution >= 4 is 21.8 Å². The number of rotatable bonds is 6. The zero-order chi connectivity index (χ0) is 15.1. The second-order valence-electron chi connectivity index (χ2n) is 4.87. The Labute approximate surface area is 133 Å². The molecule has 0 aromatic carbocycles. The number of aromatic nitrogens is 2. The Morgan fingerprint density at radius 1 is 1.48 bits per heavy atom. The number of halogens is 1. The number of carbonyl (C=O) groups is 1. The number of hydrogen-bond donors (Lipinski definition) is 0. The van der Waals surface area contributed by atoms with Crippen LogP contribution in [0.3, 0.4) is 0 Å². The fourth-order valence-corrected chi connectivity index (χ4v) is 2.54. The van der Waals surface area contributed by atoms with Gasteiger partial charge in [-0.3, -0.25) is 4.79 Å². The third-order valence-corrected chi connectivity index (χ3v) is 3.96. The lowest BCUT2D eigenvalue weighted by molar-refractivity contribution is -0.133. The molecule has 1 amide bonds. The number of hydrogen-bond acceptors (Lipinski definition) is 5. The monoisotopic (exact) mass is 357 g/mol. The minimum Gasteiger partial charge on any atom is -0.474 e. The van der Waals surface area contributed by atoms with Crippen LogP contribution in [-0.2, 0) is 4.79 Å². The molecule has 1 aromatic rings. The largest absolute Gasteiger partial charge is 0.474 e. The molecule has 0 bridgehead atoms. The lowest BCUT2D eigenvalue weighted by Crippen LogP contribution is -2.41. The Morgan fingerprint density at radius 3 is 2.90 bits per heavy atom. The number of amides is 1. The molecule has 116 valence electrons. The number of nitrogens with zero attached hydrogens (tertiary/aromatic N) is 3. The van der Waals surface area contributed by atoms with Gasteiger partial charge in [0.25, 0.3) is 0 Å². The average molecular weight is 358 g/mol. The van der Waals surface area contributed by atoms with Gasteiger partial charge in [-0.15, -0.1) is 0 Å². The van der Waals surface area contributed by atoms with E-state index in [4.69, 9.17) is 9.47 Å². The Bertz CT molecular complexity index is 465. The van der Waals surface area contributed by atoms with Gasteiger partial charge in [0.15, 0.2) is 0 Å². The van der Waals surface area contributed by atoms with Gasteiger partial charge in [-0.05, 0) is 6.42 Å². The SMILES string of the molecule is COc1nccc(OC2CCN(C(=O)CCCBr)CC2)n1. The molecule has 0 spiro atoms. The maximum atomic E-state index is 11.9. The third-order valence-electron chi connectivity index (χ3n) is 3.40. The number of ether oxygens (including phenoxy) is 2. The van der Waals surface area contributed by atoms with E-state index < -0.39 is 0 Å². The number of piperidine rings is 1. The summed E-state index contributed by atoms with van der Waals surface area (Å²) in [6.07, 6.45) is 4.85. The maximum absolute atomic E-state index is 11.9. The van der Waals surface area contributed by atoms with Gasteiger partial charge in [0.05, 0.1) is 7.11 Å². The minimum absolute atomic E-state index is 0.0878. The van der Waals surface area contributed by atoms with E-state index in [1.165, 1.54) is 7.11 Å². The van der Waals surface area contributed by atoms with Crippen molar-refractivity contribution in [2.75, 3.05) is 25.5 Å². The van der Waals surface area contributed by atoms with Gasteiger partial charge in [-0.25, -0.2) is 4.98 Å². The van der Waals surface area contributed by atoms with E-state index in [2.05, 4.69) is 25.9 Å². The molecule has 1 aliphatic heterocycles. The zero-order valence-electron chi connectivity index (χ0n) is 12.1. The van der Waals surface area contributed by atoms with Crippen molar-refractivity contribution in [3.63, 3.8) is 0 Å². The molecule has 0 N–H and O–H groups in total. The van der Waals surface area contributed by atoms with Crippen LogP contribution in [0.2, 0.25) is 0 Å². The number of likely N-dealkylation sites (tertiary alicyclic amines) is 1. The molecule has 0 atom stereocenters. The molecule has 1 saturated heterocycles. The molecule has 0 unspecified atom stereocenters. The highest BCUT2D eigenvalue weighted by Gasteiger charge is 2.23. The topological polar surface area (TPSA) is 64.6 Å². The zero-order valence-corrected chi connectivity index (χ0v) is 13.7. The summed E-state index contributed by atoms with van der Waals surface area (Å²) >= 11 is 3.35. The van der Waals surface area contributed by atoms with E-state index >= 15 is 0 Å². The maximum Gasteiger partial charge on any atom is 0.319 e. The number of methoxy groups -OCH3 is 1. The van der Waals surface area contributed by atoms with E-state index in [-0.39, 0.29) is 12.0 Å². The fraction of sp³-hybridized carbons (Fsp3) is 0.643. The van der Waals surface area contributed by atoms with Gasteiger partial charge in [0.2, 0.25) is 11.8 Å². The van der Waals surface area contributed by atoms with Crippen LogP contribution >= 0.6 is 15.9 Å². The Hall–Kier alpha value is -1.37. The standard InChI is InChI=1S/C14H20BrN3O3/c1-20-14-16-8-4-12(17-14)21-11-5-9-18(10-6-11)13(19)3-2-7-15/h4,8,11H,2-3,5-7,9-10H2,1H3. The highest BCUT2D eigenvalue weighted by atomic mass is 79.9. The van der Waals surface area contributed by atoms with Crippen LogP contribution < -0.4 is 9.47 Å². The van der Waals surface area contributed by atoms with Gasteiger partial charge < -0.3 is 14.4 Å². The summed E-state index contributed by atoms with van der Waals surface area (Å²) in [5.41, 5.74) is 0. The first-order valence-electron chi connectivity index (χ1n) is 7.10. The summed E-state index contributed by atoms with van der Waals surface area (Å²) in [5, 5.41) is 0.869. The Balaban J connectivity index is 1.79. The Kier molecular flexibility index (Phi) is 6.22. The molecule has 0 aliphatic carbocycles. The first-order chi connectivity index (χ1) is 10.2. The average Bonchev–Trinajstić information content (AvgIpc) is 2.53. The first kappa shape index (κ1) is 16.0. The van der Waals surface area contributed by atoms with E-state index in [0.717, 1.165) is 37.7 Å². The lowest BCUT2D eigenvalue weighted by atomic mass is 10.1. The fourth-order valence-electron chi connectivity index (χ4n) is 2.26. The van der Waals surface area contributed by atoms with Crippen LogP contribution in [-0.4, -0.2) is 52.4 Å². The van der Waals surface area contributed by atoms with E-state index in [1.807, 2.05) is 4.90 Å². The first-order valence-corrected chi connectivity index (χ1v) is 8.22. The number of carbonyl (C=O) groups excluding carboxylic acids is 1. The summed E-state index contributed by atoms with van der Waals surface area (Å²) in [6, 6.07) is 2.02. The Morgan fingerprint density at radius 2 is 2.24 bits per heavy atom. The van der Waals surface area contributed by atoms with Crippen LogP contribution in [0.4, 0.5) is 0 Å². The number of alkyl halides is 1. The predicted molar refractivity (Wildman–Crippen MR) is 81.8 cm³/mol. The lowest BCUT2D eigenvalue weighted by Gasteiger charge is -2.32. The predicted octanol–water partition coefficient (Wildman–Crippen LogP) is 2.03. The summed E-state index contributed by atoms with van der Waals surface area (Å²) in [5.74, 6) is 0.752. The van der Waals surface area contributed by atoms with Crippen molar-refractivity contribution in [1.29, 1.82) is 0 Å². The highest BCUT2D eigenvalue weighted by Crippen LogP contribution is 2.19. The third kappa shape index (κ3) is 4.84. The molecule has 0 radical (unpaired) electrons. The van der Waals surface area contributed by atoms with Crippen molar-refractivity contribution in [2.24, 2.45) is 0 Å². The summed E-state index contributed by atoms with van der Waals surface area (Å²) in [7, 11) is 1.52. The summed E-state index contributed by atoms with van der Waals surface area (Å²) in [4.78, 5) is 21.9. The minimum atomic E-state index is 0.0878. The molecule has 1 fully saturated rings. The van der Waals surface area contributed by atoms with Crippen LogP contribution in [0.5, 0.6) is 11.9 Å². The van der Waals surface area contributed by atoms with Gasteiger partial charge in [-0.2, -0.15) is 4.98 Å². The molecule has 2 rings (SSSR count). The molecule has 1 aliphatic rings. The molecule has 0 saturated carbocycles. The van der Waals surface area contributed by atoms with E-state index in [1.54, 1.807) is 12.3 Å².